The van der Waals surface area contributed by atoms with Gasteiger partial charge in [-0.3, -0.25) is 9.48 Å². The van der Waals surface area contributed by atoms with Crippen molar-refractivity contribution in [1.82, 2.24) is 29.3 Å². The van der Waals surface area contributed by atoms with E-state index in [1.807, 2.05) is 33.8 Å². The van der Waals surface area contributed by atoms with Gasteiger partial charge in [0.15, 0.2) is 5.69 Å². The van der Waals surface area contributed by atoms with Crippen LogP contribution in [0.2, 0.25) is 0 Å². The second-order valence-corrected chi connectivity index (χ2v) is 7.70. The molecule has 8 heteroatoms. The van der Waals surface area contributed by atoms with Crippen LogP contribution in [0.25, 0.3) is 29.2 Å². The van der Waals surface area contributed by atoms with Gasteiger partial charge in [0.1, 0.15) is 11.8 Å². The SMILES string of the molecule is O=c1c2nn(Cc3ccc(-n4cccn4)cc3)c3c(c-2nn1CC1CO1)=CCCC=3. The quantitative estimate of drug-likeness (QED) is 0.457. The number of hydrogen-bond acceptors (Lipinski definition) is 5. The molecule has 0 N–H and O–H groups in total. The Morgan fingerprint density at radius 1 is 1.03 bits per heavy atom. The molecule has 1 fully saturated rings. The molecule has 1 saturated heterocycles. The minimum atomic E-state index is -0.148. The number of epoxide rings is 1. The average molecular weight is 400 g/mol. The van der Waals surface area contributed by atoms with E-state index in [1.54, 1.807) is 6.20 Å². The van der Waals surface area contributed by atoms with Crippen LogP contribution in [0.3, 0.4) is 0 Å². The summed E-state index contributed by atoms with van der Waals surface area (Å²) in [6.07, 6.45) is 10.0. The number of fused-ring (bicyclic) bond motifs is 3. The smallest absolute Gasteiger partial charge is 0.296 e. The van der Waals surface area contributed by atoms with Crippen LogP contribution < -0.4 is 16.1 Å². The molecule has 6 rings (SSSR count). The summed E-state index contributed by atoms with van der Waals surface area (Å²) in [4.78, 5) is 12.9. The van der Waals surface area contributed by atoms with Crippen LogP contribution in [0.5, 0.6) is 0 Å². The number of rotatable bonds is 5. The van der Waals surface area contributed by atoms with Crippen LogP contribution in [0.4, 0.5) is 0 Å². The topological polar surface area (TPSA) is 83.1 Å². The summed E-state index contributed by atoms with van der Waals surface area (Å²) in [6.45, 7) is 1.76. The molecular weight excluding hydrogens is 380 g/mol. The van der Waals surface area contributed by atoms with E-state index in [-0.39, 0.29) is 11.7 Å². The van der Waals surface area contributed by atoms with Crippen LogP contribution in [-0.4, -0.2) is 42.1 Å². The molecule has 4 aliphatic rings. The average Bonchev–Trinajstić information content (AvgIpc) is 3.31. The summed E-state index contributed by atoms with van der Waals surface area (Å²) < 4.78 is 10.5. The molecule has 0 radical (unpaired) electrons. The van der Waals surface area contributed by atoms with Gasteiger partial charge in [-0.25, -0.2) is 9.36 Å². The fraction of sp³-hybridized carbons (Fsp3) is 0.273. The molecule has 1 aromatic carbocycles. The number of hydrogen-bond donors (Lipinski definition) is 0. The van der Waals surface area contributed by atoms with Crippen LogP contribution in [-0.2, 0) is 17.8 Å². The molecule has 0 spiro atoms. The van der Waals surface area contributed by atoms with Gasteiger partial charge in [0, 0.05) is 17.6 Å². The summed E-state index contributed by atoms with van der Waals surface area (Å²) in [5.74, 6) is 0. The molecule has 4 heterocycles. The summed E-state index contributed by atoms with van der Waals surface area (Å²) in [7, 11) is 0. The molecule has 3 aliphatic heterocycles. The Bertz CT molecular complexity index is 1360. The maximum absolute atomic E-state index is 12.9. The highest BCUT2D eigenvalue weighted by atomic mass is 16.6. The van der Waals surface area contributed by atoms with E-state index < -0.39 is 0 Å². The summed E-state index contributed by atoms with van der Waals surface area (Å²) in [5, 5.41) is 15.6. The Morgan fingerprint density at radius 3 is 2.60 bits per heavy atom. The van der Waals surface area contributed by atoms with Gasteiger partial charge in [-0.15, -0.1) is 0 Å². The largest absolute Gasteiger partial charge is 0.371 e. The maximum atomic E-state index is 12.9. The van der Waals surface area contributed by atoms with Gasteiger partial charge in [0.05, 0.1) is 30.7 Å². The van der Waals surface area contributed by atoms with Crippen molar-refractivity contribution in [3.05, 3.63) is 69.2 Å². The Hall–Kier alpha value is -3.52. The van der Waals surface area contributed by atoms with E-state index in [0.717, 1.165) is 34.7 Å². The fourth-order valence-electron chi connectivity index (χ4n) is 3.97. The molecule has 0 amide bonds. The normalized spacial score (nSPS) is 17.4. The van der Waals surface area contributed by atoms with Crippen molar-refractivity contribution in [2.45, 2.75) is 32.0 Å². The zero-order valence-electron chi connectivity index (χ0n) is 16.3. The van der Waals surface area contributed by atoms with Crippen molar-refractivity contribution >= 4 is 12.2 Å². The monoisotopic (exact) mass is 400 g/mol. The van der Waals surface area contributed by atoms with Gasteiger partial charge in [0.25, 0.3) is 5.56 Å². The van der Waals surface area contributed by atoms with E-state index in [4.69, 9.17) is 9.84 Å². The molecular formula is C22H20N6O2. The minimum absolute atomic E-state index is 0.0961. The highest BCUT2D eigenvalue weighted by Gasteiger charge is 2.27. The van der Waals surface area contributed by atoms with E-state index >= 15 is 0 Å². The van der Waals surface area contributed by atoms with Gasteiger partial charge >= 0.3 is 0 Å². The van der Waals surface area contributed by atoms with Gasteiger partial charge in [-0.1, -0.05) is 24.3 Å². The van der Waals surface area contributed by atoms with E-state index in [2.05, 4.69) is 34.5 Å². The zero-order valence-corrected chi connectivity index (χ0v) is 16.3. The third kappa shape index (κ3) is 2.96. The maximum Gasteiger partial charge on any atom is 0.296 e. The Kier molecular flexibility index (Phi) is 3.92. The molecule has 1 aromatic heterocycles. The highest BCUT2D eigenvalue weighted by Crippen LogP contribution is 2.14. The zero-order chi connectivity index (χ0) is 20.1. The van der Waals surface area contributed by atoms with Crippen molar-refractivity contribution in [1.29, 1.82) is 0 Å². The molecule has 30 heavy (non-hydrogen) atoms. The first-order valence-electron chi connectivity index (χ1n) is 10.1. The van der Waals surface area contributed by atoms with Crippen molar-refractivity contribution in [2.24, 2.45) is 0 Å². The van der Waals surface area contributed by atoms with Crippen LogP contribution in [0, 0.1) is 0 Å². The lowest BCUT2D eigenvalue weighted by atomic mass is 10.1. The molecule has 1 aliphatic carbocycles. The lowest BCUT2D eigenvalue weighted by Gasteiger charge is -2.13. The molecule has 150 valence electrons. The summed E-state index contributed by atoms with van der Waals surface area (Å²) in [6, 6.07) is 10.1. The molecule has 1 atom stereocenters. The number of nitrogens with zero attached hydrogens (tertiary/aromatic N) is 6. The van der Waals surface area contributed by atoms with E-state index in [0.29, 0.717) is 31.1 Å². The first-order chi connectivity index (χ1) is 14.8. The highest BCUT2D eigenvalue weighted by molar-refractivity contribution is 5.58. The molecule has 2 aromatic rings. The standard InChI is InChI=1S/C22H20N6O2/c29-22-21-20(24-28(22)13-17-14-30-17)18-4-1-2-5-19(18)27(25-21)12-15-6-8-16(9-7-15)26-11-3-10-23-26/h3-11,17H,1-2,12-14H2. The fourth-order valence-corrected chi connectivity index (χ4v) is 3.97. The van der Waals surface area contributed by atoms with Crippen LogP contribution >= 0.6 is 0 Å². The molecule has 1 unspecified atom stereocenters. The molecule has 0 saturated carbocycles. The third-order valence-electron chi connectivity index (χ3n) is 5.58. The Labute approximate surface area is 171 Å². The van der Waals surface area contributed by atoms with Crippen molar-refractivity contribution in [3.63, 3.8) is 0 Å². The summed E-state index contributed by atoms with van der Waals surface area (Å²) >= 11 is 0. The summed E-state index contributed by atoms with van der Waals surface area (Å²) in [5.41, 5.74) is 3.08. The predicted octanol–water partition coefficient (Wildman–Crippen LogP) is 0.532. The lowest BCUT2D eigenvalue weighted by Crippen LogP contribution is -2.41. The van der Waals surface area contributed by atoms with Crippen molar-refractivity contribution in [3.8, 4) is 17.1 Å². The first-order valence-corrected chi connectivity index (χ1v) is 10.1. The van der Waals surface area contributed by atoms with Gasteiger partial charge < -0.3 is 4.74 Å². The minimum Gasteiger partial charge on any atom is -0.371 e. The number of ether oxygens (including phenoxy) is 1. The molecule has 8 nitrogen and oxygen atoms in total. The van der Waals surface area contributed by atoms with Crippen molar-refractivity contribution in [2.75, 3.05) is 6.61 Å². The lowest BCUT2D eigenvalue weighted by molar-refractivity contribution is 0.371. The number of aromatic nitrogens is 6. The van der Waals surface area contributed by atoms with Gasteiger partial charge in [-0.05, 0) is 36.6 Å². The van der Waals surface area contributed by atoms with Gasteiger partial charge in [0.2, 0.25) is 0 Å². The molecule has 0 bridgehead atoms. The van der Waals surface area contributed by atoms with Crippen molar-refractivity contribution < 1.29 is 4.74 Å². The number of benzene rings is 1. The predicted molar refractivity (Wildman–Crippen MR) is 111 cm³/mol. The third-order valence-corrected chi connectivity index (χ3v) is 5.58. The Balaban J connectivity index is 1.43. The van der Waals surface area contributed by atoms with Crippen LogP contribution in [0.1, 0.15) is 18.4 Å². The van der Waals surface area contributed by atoms with Crippen LogP contribution in [0.15, 0.2) is 47.5 Å². The Morgan fingerprint density at radius 2 is 1.83 bits per heavy atom. The van der Waals surface area contributed by atoms with Gasteiger partial charge in [-0.2, -0.15) is 15.3 Å². The second kappa shape index (κ2) is 6.77. The second-order valence-electron chi connectivity index (χ2n) is 7.70. The first kappa shape index (κ1) is 17.3. The van der Waals surface area contributed by atoms with E-state index in [1.165, 1.54) is 4.68 Å². The van der Waals surface area contributed by atoms with E-state index in [9.17, 15) is 4.79 Å².